The molecule has 4 aromatic carbocycles. The molecule has 0 radical (unpaired) electrons. The molecule has 6 aromatic rings. The normalized spacial score (nSPS) is 10.9. The molecule has 0 aliphatic heterocycles. The molecule has 6 heteroatoms. The predicted molar refractivity (Wildman–Crippen MR) is 141 cm³/mol. The highest BCUT2D eigenvalue weighted by atomic mass is 35.5. The molecule has 0 unspecified atom stereocenters. The van der Waals surface area contributed by atoms with Crippen LogP contribution in [-0.2, 0) is 13.1 Å². The topological polar surface area (TPSA) is 35.6 Å². The lowest BCUT2D eigenvalue weighted by molar-refractivity contribution is 0.696. The summed E-state index contributed by atoms with van der Waals surface area (Å²) in [7, 11) is 0. The van der Waals surface area contributed by atoms with E-state index in [2.05, 4.69) is 34.5 Å². The van der Waals surface area contributed by atoms with Crippen LogP contribution in [0.4, 0.5) is 0 Å². The summed E-state index contributed by atoms with van der Waals surface area (Å²) in [5.74, 6) is 0. The van der Waals surface area contributed by atoms with Crippen LogP contribution < -0.4 is 0 Å². The van der Waals surface area contributed by atoms with Gasteiger partial charge in [-0.3, -0.25) is 9.36 Å². The van der Waals surface area contributed by atoms with Gasteiger partial charge in [0.05, 0.1) is 40.4 Å². The zero-order valence-electron chi connectivity index (χ0n) is 18.4. The monoisotopic (exact) mass is 484 g/mol. The van der Waals surface area contributed by atoms with Crippen LogP contribution in [0.25, 0.3) is 21.8 Å². The molecule has 168 valence electrons. The fraction of sp³-hybridized carbons (Fsp3) is 0.0714. The summed E-state index contributed by atoms with van der Waals surface area (Å²) in [4.78, 5) is 0. The molecule has 0 aliphatic rings. The minimum atomic E-state index is 0.752. The van der Waals surface area contributed by atoms with E-state index in [0.29, 0.717) is 0 Å². The summed E-state index contributed by atoms with van der Waals surface area (Å²) < 4.78 is 3.89. The molecular weight excluding hydrogens is 463 g/mol. The lowest BCUT2D eigenvalue weighted by Gasteiger charge is -2.03. The maximum atomic E-state index is 6.12. The molecule has 6 rings (SSSR count). The number of aromatic nitrogens is 4. The summed E-state index contributed by atoms with van der Waals surface area (Å²) in [5, 5.41) is 12.4. The summed E-state index contributed by atoms with van der Waals surface area (Å²) >= 11 is 12.2. The molecule has 0 saturated carbocycles. The van der Waals surface area contributed by atoms with Crippen LogP contribution >= 0.6 is 23.2 Å². The van der Waals surface area contributed by atoms with E-state index in [1.807, 2.05) is 94.6 Å². The van der Waals surface area contributed by atoms with Crippen molar-refractivity contribution in [1.82, 2.24) is 19.6 Å². The predicted octanol–water partition coefficient (Wildman–Crippen LogP) is 7.48. The van der Waals surface area contributed by atoms with Crippen molar-refractivity contribution < 1.29 is 0 Å². The van der Waals surface area contributed by atoms with Gasteiger partial charge >= 0.3 is 0 Å². The largest absolute Gasteiger partial charge is 0.267 e. The Morgan fingerprint density at radius 3 is 1.91 bits per heavy atom. The molecule has 0 aliphatic carbocycles. The molecule has 0 saturated heterocycles. The first-order valence-corrected chi connectivity index (χ1v) is 11.7. The standard InChI is InChI=1S/2C14H11ClN2/c15-13-7-4-8-14-12(13)9-16-17(14)10-11-5-2-1-3-6-11;15-13-7-4-8-14-12(13)10-17(16-14)9-11-5-2-1-3-6-11/h1-9H,10H2;1-8,10H,9H2. The minimum Gasteiger partial charge on any atom is -0.267 e. The van der Waals surface area contributed by atoms with Gasteiger partial charge in [0.25, 0.3) is 0 Å². The first-order valence-electron chi connectivity index (χ1n) is 11.0. The fourth-order valence-corrected chi connectivity index (χ4v) is 4.30. The highest BCUT2D eigenvalue weighted by Crippen LogP contribution is 2.23. The number of hydrogen-bond acceptors (Lipinski definition) is 2. The van der Waals surface area contributed by atoms with E-state index >= 15 is 0 Å². The van der Waals surface area contributed by atoms with Crippen LogP contribution in [0.15, 0.2) is 109 Å². The maximum Gasteiger partial charge on any atom is 0.0938 e. The molecular formula is C28H22Cl2N4. The summed E-state index contributed by atoms with van der Waals surface area (Å²) in [5.41, 5.74) is 4.48. The van der Waals surface area contributed by atoms with E-state index in [-0.39, 0.29) is 0 Å². The van der Waals surface area contributed by atoms with Crippen molar-refractivity contribution in [1.29, 1.82) is 0 Å². The Kier molecular flexibility index (Phi) is 6.61. The van der Waals surface area contributed by atoms with Crippen LogP contribution in [0.1, 0.15) is 11.1 Å². The van der Waals surface area contributed by atoms with E-state index in [1.54, 1.807) is 0 Å². The summed E-state index contributed by atoms with van der Waals surface area (Å²) in [6.07, 6.45) is 3.81. The Balaban J connectivity index is 0.000000142. The van der Waals surface area contributed by atoms with E-state index < -0.39 is 0 Å². The van der Waals surface area contributed by atoms with E-state index in [9.17, 15) is 0 Å². The van der Waals surface area contributed by atoms with Gasteiger partial charge < -0.3 is 0 Å². The average Bonchev–Trinajstić information content (AvgIpc) is 3.46. The molecule has 0 atom stereocenters. The summed E-state index contributed by atoms with van der Waals surface area (Å²) in [6.45, 7) is 1.54. The minimum absolute atomic E-state index is 0.752. The van der Waals surface area contributed by atoms with Gasteiger partial charge in [-0.2, -0.15) is 10.2 Å². The second kappa shape index (κ2) is 10.1. The molecule has 4 nitrogen and oxygen atoms in total. The van der Waals surface area contributed by atoms with Crippen LogP contribution in [0, 0.1) is 0 Å². The zero-order valence-corrected chi connectivity index (χ0v) is 19.9. The van der Waals surface area contributed by atoms with Gasteiger partial charge in [-0.1, -0.05) is 96.0 Å². The number of halogens is 2. The maximum absolute atomic E-state index is 6.12. The highest BCUT2D eigenvalue weighted by molar-refractivity contribution is 6.35. The third kappa shape index (κ3) is 4.98. The van der Waals surface area contributed by atoms with Crippen LogP contribution in [0.5, 0.6) is 0 Å². The number of hydrogen-bond donors (Lipinski definition) is 0. The second-order valence-electron chi connectivity index (χ2n) is 7.95. The molecule has 2 aromatic heterocycles. The summed E-state index contributed by atoms with van der Waals surface area (Å²) in [6, 6.07) is 32.2. The van der Waals surface area contributed by atoms with E-state index in [4.69, 9.17) is 23.2 Å². The van der Waals surface area contributed by atoms with Crippen molar-refractivity contribution in [2.45, 2.75) is 13.1 Å². The highest BCUT2D eigenvalue weighted by Gasteiger charge is 2.06. The SMILES string of the molecule is Clc1cccc2c1cnn2Cc1ccccc1.Clc1cccc2nn(Cc3ccccc3)cc12. The number of fused-ring (bicyclic) bond motifs is 2. The average molecular weight is 485 g/mol. The van der Waals surface area contributed by atoms with Gasteiger partial charge in [0.2, 0.25) is 0 Å². The Hall–Kier alpha value is -3.60. The van der Waals surface area contributed by atoms with E-state index in [0.717, 1.165) is 44.9 Å². The molecule has 0 spiro atoms. The van der Waals surface area contributed by atoms with Crippen molar-refractivity contribution in [2.75, 3.05) is 0 Å². The van der Waals surface area contributed by atoms with Crippen molar-refractivity contribution in [3.8, 4) is 0 Å². The Morgan fingerprint density at radius 1 is 0.618 bits per heavy atom. The van der Waals surface area contributed by atoms with Gasteiger partial charge in [0.1, 0.15) is 0 Å². The Morgan fingerprint density at radius 2 is 1.24 bits per heavy atom. The van der Waals surface area contributed by atoms with Gasteiger partial charge in [-0.05, 0) is 35.4 Å². The van der Waals surface area contributed by atoms with E-state index in [1.165, 1.54) is 11.1 Å². The quantitative estimate of drug-likeness (QED) is 0.260. The molecule has 2 heterocycles. The van der Waals surface area contributed by atoms with Crippen molar-refractivity contribution in [2.24, 2.45) is 0 Å². The van der Waals surface area contributed by atoms with Crippen LogP contribution in [0.2, 0.25) is 10.0 Å². The molecule has 0 bridgehead atoms. The third-order valence-corrected chi connectivity index (χ3v) is 6.20. The lowest BCUT2D eigenvalue weighted by Crippen LogP contribution is -2.00. The number of nitrogens with zero attached hydrogens (tertiary/aromatic N) is 4. The lowest BCUT2D eigenvalue weighted by atomic mass is 10.2. The Bertz CT molecular complexity index is 1510. The van der Waals surface area contributed by atoms with Crippen LogP contribution in [0.3, 0.4) is 0 Å². The van der Waals surface area contributed by atoms with Gasteiger partial charge in [0.15, 0.2) is 0 Å². The molecule has 0 amide bonds. The first-order chi connectivity index (χ1) is 16.7. The fourth-order valence-electron chi connectivity index (χ4n) is 3.86. The van der Waals surface area contributed by atoms with Crippen molar-refractivity contribution in [3.05, 3.63) is 131 Å². The smallest absolute Gasteiger partial charge is 0.0938 e. The second-order valence-corrected chi connectivity index (χ2v) is 8.76. The zero-order chi connectivity index (χ0) is 23.3. The van der Waals surface area contributed by atoms with Crippen LogP contribution in [-0.4, -0.2) is 19.6 Å². The first kappa shape index (κ1) is 22.2. The van der Waals surface area contributed by atoms with Gasteiger partial charge in [0, 0.05) is 17.0 Å². The number of rotatable bonds is 4. The van der Waals surface area contributed by atoms with Gasteiger partial charge in [-0.25, -0.2) is 0 Å². The van der Waals surface area contributed by atoms with Crippen molar-refractivity contribution in [3.63, 3.8) is 0 Å². The molecule has 0 fully saturated rings. The number of benzene rings is 4. The van der Waals surface area contributed by atoms with Crippen molar-refractivity contribution >= 4 is 45.0 Å². The van der Waals surface area contributed by atoms with Gasteiger partial charge in [-0.15, -0.1) is 0 Å². The molecule has 0 N–H and O–H groups in total. The molecule has 34 heavy (non-hydrogen) atoms. The Labute approximate surface area is 208 Å². The third-order valence-electron chi connectivity index (χ3n) is 5.54.